The van der Waals surface area contributed by atoms with Gasteiger partial charge in [-0.1, -0.05) is 19.0 Å². The number of rotatable bonds is 4. The first kappa shape index (κ1) is 11.1. The molecule has 2 aromatic rings. The van der Waals surface area contributed by atoms with Gasteiger partial charge in [0, 0.05) is 18.9 Å². The summed E-state index contributed by atoms with van der Waals surface area (Å²) in [6, 6.07) is 0. The van der Waals surface area contributed by atoms with Gasteiger partial charge in [-0.3, -0.25) is 0 Å². The molecule has 0 amide bonds. The molecule has 0 fully saturated rings. The zero-order valence-corrected chi connectivity index (χ0v) is 9.85. The fourth-order valence-corrected chi connectivity index (χ4v) is 1.65. The summed E-state index contributed by atoms with van der Waals surface area (Å²) in [5, 5.41) is 12.0. The Kier molecular flexibility index (Phi) is 3.19. The van der Waals surface area contributed by atoms with Crippen LogP contribution in [-0.2, 0) is 13.0 Å². The van der Waals surface area contributed by atoms with Crippen LogP contribution in [0.15, 0.2) is 10.9 Å². The molecule has 16 heavy (non-hydrogen) atoms. The molecule has 86 valence electrons. The molecule has 6 nitrogen and oxygen atoms in total. The molecule has 0 aliphatic heterocycles. The normalized spacial score (nSPS) is 11.2. The highest BCUT2D eigenvalue weighted by atomic mass is 35.5. The van der Waals surface area contributed by atoms with Gasteiger partial charge < -0.3 is 9.09 Å². The molecule has 0 atom stereocenters. The van der Waals surface area contributed by atoms with Crippen LogP contribution in [0.1, 0.15) is 31.4 Å². The van der Waals surface area contributed by atoms with Crippen molar-refractivity contribution in [2.24, 2.45) is 0 Å². The third-order valence-electron chi connectivity index (χ3n) is 2.22. The lowest BCUT2D eigenvalue weighted by atomic mass is 10.2. The lowest BCUT2D eigenvalue weighted by Crippen LogP contribution is -2.08. The molecule has 0 radical (unpaired) electrons. The van der Waals surface area contributed by atoms with Crippen LogP contribution in [0.3, 0.4) is 0 Å². The molecule has 0 aliphatic carbocycles. The average Bonchev–Trinajstić information content (AvgIpc) is 2.84. The van der Waals surface area contributed by atoms with Crippen LogP contribution in [-0.4, -0.2) is 24.9 Å². The van der Waals surface area contributed by atoms with Gasteiger partial charge in [-0.2, -0.15) is 4.98 Å². The Morgan fingerprint density at radius 3 is 2.88 bits per heavy atom. The molecule has 0 unspecified atom stereocenters. The third-order valence-corrected chi connectivity index (χ3v) is 2.50. The smallest absolute Gasteiger partial charge is 0.225 e. The third kappa shape index (κ3) is 2.21. The zero-order valence-electron chi connectivity index (χ0n) is 9.09. The Bertz CT molecular complexity index is 450. The number of aromatic nitrogens is 5. The SMILES string of the molecule is CC(C)c1nnc(Cl)n1CCc1ncon1. The molecule has 0 aliphatic rings. The molecule has 0 N–H and O–H groups in total. The van der Waals surface area contributed by atoms with Crippen molar-refractivity contribution in [3.05, 3.63) is 23.3 Å². The largest absolute Gasteiger partial charge is 0.343 e. The first-order chi connectivity index (χ1) is 7.68. The molecule has 0 bridgehead atoms. The van der Waals surface area contributed by atoms with E-state index in [4.69, 9.17) is 11.6 Å². The van der Waals surface area contributed by atoms with Gasteiger partial charge >= 0.3 is 0 Å². The van der Waals surface area contributed by atoms with Crippen molar-refractivity contribution in [2.45, 2.75) is 32.7 Å². The fraction of sp³-hybridized carbons (Fsp3) is 0.556. The van der Waals surface area contributed by atoms with Gasteiger partial charge in [0.1, 0.15) is 5.82 Å². The molecule has 2 heterocycles. The van der Waals surface area contributed by atoms with Crippen molar-refractivity contribution in [1.82, 2.24) is 24.9 Å². The van der Waals surface area contributed by atoms with Crippen molar-refractivity contribution in [2.75, 3.05) is 0 Å². The van der Waals surface area contributed by atoms with E-state index in [0.717, 1.165) is 5.82 Å². The van der Waals surface area contributed by atoms with Crippen LogP contribution in [0.5, 0.6) is 0 Å². The van der Waals surface area contributed by atoms with E-state index in [1.54, 1.807) is 0 Å². The topological polar surface area (TPSA) is 69.6 Å². The summed E-state index contributed by atoms with van der Waals surface area (Å²) >= 11 is 5.95. The van der Waals surface area contributed by atoms with Gasteiger partial charge in [-0.25, -0.2) is 0 Å². The van der Waals surface area contributed by atoms with Gasteiger partial charge in [0.15, 0.2) is 5.82 Å². The van der Waals surface area contributed by atoms with E-state index in [0.29, 0.717) is 24.1 Å². The minimum absolute atomic E-state index is 0.283. The van der Waals surface area contributed by atoms with Gasteiger partial charge in [-0.15, -0.1) is 10.2 Å². The Morgan fingerprint density at radius 1 is 1.44 bits per heavy atom. The molecule has 0 saturated carbocycles. The molecule has 0 spiro atoms. The van der Waals surface area contributed by atoms with E-state index < -0.39 is 0 Å². The summed E-state index contributed by atoms with van der Waals surface area (Å²) in [4.78, 5) is 3.94. The molecule has 0 saturated heterocycles. The van der Waals surface area contributed by atoms with E-state index in [1.165, 1.54) is 6.39 Å². The predicted molar refractivity (Wildman–Crippen MR) is 57.1 cm³/mol. The Labute approximate surface area is 97.6 Å². The lowest BCUT2D eigenvalue weighted by Gasteiger charge is -2.08. The predicted octanol–water partition coefficient (Wildman–Crippen LogP) is 1.68. The summed E-state index contributed by atoms with van der Waals surface area (Å²) in [6.45, 7) is 4.75. The second kappa shape index (κ2) is 4.61. The van der Waals surface area contributed by atoms with Gasteiger partial charge in [0.25, 0.3) is 0 Å². The molecular weight excluding hydrogens is 230 g/mol. The summed E-state index contributed by atoms with van der Waals surface area (Å²) in [7, 11) is 0. The van der Waals surface area contributed by atoms with Crippen LogP contribution in [0, 0.1) is 0 Å². The van der Waals surface area contributed by atoms with Crippen molar-refractivity contribution in [3.8, 4) is 0 Å². The maximum absolute atomic E-state index is 5.95. The summed E-state index contributed by atoms with van der Waals surface area (Å²) in [5.41, 5.74) is 0. The molecular formula is C9H12ClN5O. The summed E-state index contributed by atoms with van der Waals surface area (Å²) < 4.78 is 6.52. The number of aryl methyl sites for hydroxylation is 1. The number of hydrogen-bond donors (Lipinski definition) is 0. The quantitative estimate of drug-likeness (QED) is 0.815. The highest BCUT2D eigenvalue weighted by Gasteiger charge is 2.13. The van der Waals surface area contributed by atoms with Crippen LogP contribution >= 0.6 is 11.6 Å². The van der Waals surface area contributed by atoms with Crippen LogP contribution < -0.4 is 0 Å². The minimum Gasteiger partial charge on any atom is -0.343 e. The second-order valence-corrected chi connectivity index (χ2v) is 4.07. The van der Waals surface area contributed by atoms with Crippen molar-refractivity contribution < 1.29 is 4.52 Å². The minimum atomic E-state index is 0.283. The standard InChI is InChI=1S/C9H12ClN5O/c1-6(2)8-12-13-9(10)15(8)4-3-7-11-5-16-14-7/h5-6H,3-4H2,1-2H3. The lowest BCUT2D eigenvalue weighted by molar-refractivity contribution is 0.408. The highest BCUT2D eigenvalue weighted by Crippen LogP contribution is 2.16. The maximum atomic E-state index is 5.95. The average molecular weight is 242 g/mol. The van der Waals surface area contributed by atoms with Gasteiger partial charge in [0.2, 0.25) is 11.7 Å². The monoisotopic (exact) mass is 241 g/mol. The Morgan fingerprint density at radius 2 is 2.25 bits per heavy atom. The van der Waals surface area contributed by atoms with Gasteiger partial charge in [0.05, 0.1) is 0 Å². The molecule has 7 heteroatoms. The van der Waals surface area contributed by atoms with E-state index >= 15 is 0 Å². The Hall–Kier alpha value is -1.43. The van der Waals surface area contributed by atoms with Crippen LogP contribution in [0.4, 0.5) is 0 Å². The number of hydrogen-bond acceptors (Lipinski definition) is 5. The first-order valence-corrected chi connectivity index (χ1v) is 5.40. The molecule has 2 rings (SSSR count). The second-order valence-electron chi connectivity index (χ2n) is 3.73. The van der Waals surface area contributed by atoms with Crippen molar-refractivity contribution in [1.29, 1.82) is 0 Å². The summed E-state index contributed by atoms with van der Waals surface area (Å²) in [6.07, 6.45) is 1.96. The number of nitrogens with zero attached hydrogens (tertiary/aromatic N) is 5. The Balaban J connectivity index is 2.11. The van der Waals surface area contributed by atoms with Crippen molar-refractivity contribution in [3.63, 3.8) is 0 Å². The first-order valence-electron chi connectivity index (χ1n) is 5.02. The maximum Gasteiger partial charge on any atom is 0.225 e. The van der Waals surface area contributed by atoms with E-state index in [-0.39, 0.29) is 5.92 Å². The molecule has 0 aromatic carbocycles. The summed E-state index contributed by atoms with van der Waals surface area (Å²) in [5.74, 6) is 1.80. The highest BCUT2D eigenvalue weighted by molar-refractivity contribution is 6.28. The zero-order chi connectivity index (χ0) is 11.5. The van der Waals surface area contributed by atoms with E-state index in [1.807, 2.05) is 18.4 Å². The van der Waals surface area contributed by atoms with E-state index in [9.17, 15) is 0 Å². The fourth-order valence-electron chi connectivity index (χ4n) is 1.44. The van der Waals surface area contributed by atoms with Gasteiger partial charge in [-0.05, 0) is 11.6 Å². The van der Waals surface area contributed by atoms with Crippen LogP contribution in [0.2, 0.25) is 5.28 Å². The van der Waals surface area contributed by atoms with Crippen LogP contribution in [0.25, 0.3) is 0 Å². The van der Waals surface area contributed by atoms with E-state index in [2.05, 4.69) is 24.9 Å². The number of halogens is 1. The molecule has 2 aromatic heterocycles. The van der Waals surface area contributed by atoms with Crippen molar-refractivity contribution >= 4 is 11.6 Å².